The highest BCUT2D eigenvalue weighted by Gasteiger charge is 2.21. The predicted molar refractivity (Wildman–Crippen MR) is 71.8 cm³/mol. The highest BCUT2D eigenvalue weighted by atomic mass is 15.3. The summed E-state index contributed by atoms with van der Waals surface area (Å²) in [5.41, 5.74) is 0.523. The number of piperazine rings is 1. The molecule has 0 aromatic heterocycles. The summed E-state index contributed by atoms with van der Waals surface area (Å²) in [5.74, 6) is 0. The normalized spacial score (nSPS) is 20.6. The van der Waals surface area contributed by atoms with Crippen molar-refractivity contribution in [2.75, 3.05) is 32.7 Å². The van der Waals surface area contributed by atoms with E-state index in [4.69, 9.17) is 0 Å². The highest BCUT2D eigenvalue weighted by molar-refractivity contribution is 4.76. The van der Waals surface area contributed by atoms with Crippen LogP contribution in [0.1, 0.15) is 47.5 Å². The number of rotatable bonds is 5. The average Bonchev–Trinajstić information content (AvgIpc) is 2.27. The third kappa shape index (κ3) is 4.42. The van der Waals surface area contributed by atoms with E-state index in [1.54, 1.807) is 0 Å². The van der Waals surface area contributed by atoms with Crippen LogP contribution in [0.4, 0.5) is 0 Å². The molecule has 0 aromatic rings. The van der Waals surface area contributed by atoms with Crippen LogP contribution in [0, 0.1) is 5.41 Å². The third-order valence-corrected chi connectivity index (χ3v) is 4.20. The van der Waals surface area contributed by atoms with Gasteiger partial charge < -0.3 is 4.90 Å². The summed E-state index contributed by atoms with van der Waals surface area (Å²) in [6, 6.07) is 0.717. The molecular weight excluding hydrogens is 196 g/mol. The summed E-state index contributed by atoms with van der Waals surface area (Å²) in [4.78, 5) is 5.22. The topological polar surface area (TPSA) is 6.48 Å². The van der Waals surface area contributed by atoms with Crippen LogP contribution in [0.5, 0.6) is 0 Å². The molecule has 16 heavy (non-hydrogen) atoms. The lowest BCUT2D eigenvalue weighted by Crippen LogP contribution is -2.49. The molecular formula is C14H30N2. The van der Waals surface area contributed by atoms with Crippen LogP contribution in [0.25, 0.3) is 0 Å². The van der Waals surface area contributed by atoms with Gasteiger partial charge in [-0.2, -0.15) is 0 Å². The van der Waals surface area contributed by atoms with Gasteiger partial charge in [-0.15, -0.1) is 0 Å². The zero-order chi connectivity index (χ0) is 12.2. The maximum Gasteiger partial charge on any atom is 0.0113 e. The van der Waals surface area contributed by atoms with Gasteiger partial charge in [-0.3, -0.25) is 4.90 Å². The van der Waals surface area contributed by atoms with Crippen molar-refractivity contribution in [3.8, 4) is 0 Å². The van der Waals surface area contributed by atoms with E-state index >= 15 is 0 Å². The molecule has 2 nitrogen and oxygen atoms in total. The Morgan fingerprint density at radius 3 is 2.06 bits per heavy atom. The molecule has 2 heteroatoms. The first-order valence-electron chi connectivity index (χ1n) is 6.91. The first-order chi connectivity index (χ1) is 7.44. The SMILES string of the molecule is CCC(C)(C)CCN1CCN(C(C)C)CC1. The molecule has 1 saturated heterocycles. The fraction of sp³-hybridized carbons (Fsp3) is 1.00. The smallest absolute Gasteiger partial charge is 0.0113 e. The van der Waals surface area contributed by atoms with Crippen molar-refractivity contribution < 1.29 is 0 Å². The van der Waals surface area contributed by atoms with Gasteiger partial charge in [0.15, 0.2) is 0 Å². The van der Waals surface area contributed by atoms with Crippen molar-refractivity contribution in [3.63, 3.8) is 0 Å². The maximum absolute atomic E-state index is 2.64. The van der Waals surface area contributed by atoms with Crippen LogP contribution in [0.2, 0.25) is 0 Å². The Morgan fingerprint density at radius 2 is 1.62 bits per heavy atom. The molecule has 0 atom stereocenters. The minimum absolute atomic E-state index is 0.523. The fourth-order valence-electron chi connectivity index (χ4n) is 2.14. The summed E-state index contributed by atoms with van der Waals surface area (Å²) < 4.78 is 0. The van der Waals surface area contributed by atoms with Crippen molar-refractivity contribution in [1.29, 1.82) is 0 Å². The first kappa shape index (κ1) is 14.0. The molecule has 0 amide bonds. The monoisotopic (exact) mass is 226 g/mol. The Hall–Kier alpha value is -0.0800. The fourth-order valence-corrected chi connectivity index (χ4v) is 2.14. The number of hydrogen-bond donors (Lipinski definition) is 0. The van der Waals surface area contributed by atoms with Crippen LogP contribution < -0.4 is 0 Å². The van der Waals surface area contributed by atoms with Gasteiger partial charge in [-0.1, -0.05) is 27.2 Å². The second-order valence-corrected chi connectivity index (χ2v) is 6.24. The van der Waals surface area contributed by atoms with Crippen LogP contribution in [0.15, 0.2) is 0 Å². The van der Waals surface area contributed by atoms with Gasteiger partial charge >= 0.3 is 0 Å². The van der Waals surface area contributed by atoms with Gasteiger partial charge in [0, 0.05) is 32.2 Å². The molecule has 0 bridgehead atoms. The van der Waals surface area contributed by atoms with E-state index in [0.29, 0.717) is 11.5 Å². The molecule has 1 fully saturated rings. The van der Waals surface area contributed by atoms with Gasteiger partial charge in [0.1, 0.15) is 0 Å². The van der Waals surface area contributed by atoms with Gasteiger partial charge in [-0.25, -0.2) is 0 Å². The Morgan fingerprint density at radius 1 is 1.06 bits per heavy atom. The van der Waals surface area contributed by atoms with Gasteiger partial charge in [0.05, 0.1) is 0 Å². The van der Waals surface area contributed by atoms with Crippen molar-refractivity contribution in [1.82, 2.24) is 9.80 Å². The Balaban J connectivity index is 2.22. The first-order valence-corrected chi connectivity index (χ1v) is 6.91. The Labute approximate surface area is 102 Å². The van der Waals surface area contributed by atoms with E-state index < -0.39 is 0 Å². The number of hydrogen-bond acceptors (Lipinski definition) is 2. The third-order valence-electron chi connectivity index (χ3n) is 4.20. The summed E-state index contributed by atoms with van der Waals surface area (Å²) in [7, 11) is 0. The lowest BCUT2D eigenvalue weighted by molar-refractivity contribution is 0.0979. The minimum Gasteiger partial charge on any atom is -0.301 e. The highest BCUT2D eigenvalue weighted by Crippen LogP contribution is 2.24. The zero-order valence-corrected chi connectivity index (χ0v) is 11.9. The molecule has 1 heterocycles. The molecule has 0 saturated carbocycles. The summed E-state index contributed by atoms with van der Waals surface area (Å²) in [6.45, 7) is 18.0. The van der Waals surface area contributed by atoms with E-state index in [9.17, 15) is 0 Å². The molecule has 0 spiro atoms. The van der Waals surface area contributed by atoms with Crippen LogP contribution >= 0.6 is 0 Å². The molecule has 1 aliphatic rings. The molecule has 0 N–H and O–H groups in total. The van der Waals surface area contributed by atoms with E-state index in [2.05, 4.69) is 44.4 Å². The second-order valence-electron chi connectivity index (χ2n) is 6.24. The average molecular weight is 226 g/mol. The second kappa shape index (κ2) is 6.02. The largest absolute Gasteiger partial charge is 0.301 e. The Bertz CT molecular complexity index is 191. The van der Waals surface area contributed by atoms with Crippen LogP contribution in [-0.4, -0.2) is 48.6 Å². The quantitative estimate of drug-likeness (QED) is 0.711. The van der Waals surface area contributed by atoms with Crippen LogP contribution in [0.3, 0.4) is 0 Å². The molecule has 1 rings (SSSR count). The van der Waals surface area contributed by atoms with Crippen molar-refractivity contribution in [2.45, 2.75) is 53.5 Å². The molecule has 96 valence electrons. The summed E-state index contributed by atoms with van der Waals surface area (Å²) in [5, 5.41) is 0. The van der Waals surface area contributed by atoms with E-state index in [0.717, 1.165) is 0 Å². The molecule has 1 aliphatic heterocycles. The van der Waals surface area contributed by atoms with Crippen molar-refractivity contribution in [3.05, 3.63) is 0 Å². The molecule has 0 aromatic carbocycles. The zero-order valence-electron chi connectivity index (χ0n) is 11.9. The lowest BCUT2D eigenvalue weighted by Gasteiger charge is -2.38. The Kier molecular flexibility index (Phi) is 5.26. The number of nitrogens with zero attached hydrogens (tertiary/aromatic N) is 2. The summed E-state index contributed by atoms with van der Waals surface area (Å²) in [6.07, 6.45) is 2.63. The molecule has 0 aliphatic carbocycles. The summed E-state index contributed by atoms with van der Waals surface area (Å²) >= 11 is 0. The molecule has 0 radical (unpaired) electrons. The predicted octanol–water partition coefficient (Wildman–Crippen LogP) is 2.84. The maximum atomic E-state index is 2.64. The van der Waals surface area contributed by atoms with E-state index in [-0.39, 0.29) is 0 Å². The van der Waals surface area contributed by atoms with Crippen LogP contribution in [-0.2, 0) is 0 Å². The molecule has 0 unspecified atom stereocenters. The lowest BCUT2D eigenvalue weighted by atomic mass is 9.86. The van der Waals surface area contributed by atoms with Crippen molar-refractivity contribution in [2.24, 2.45) is 5.41 Å². The van der Waals surface area contributed by atoms with Gasteiger partial charge in [-0.05, 0) is 32.2 Å². The van der Waals surface area contributed by atoms with Gasteiger partial charge in [0.25, 0.3) is 0 Å². The minimum atomic E-state index is 0.523. The van der Waals surface area contributed by atoms with Crippen molar-refractivity contribution >= 4 is 0 Å². The van der Waals surface area contributed by atoms with Gasteiger partial charge in [0.2, 0.25) is 0 Å². The standard InChI is InChI=1S/C14H30N2/c1-6-14(4,5)7-8-15-9-11-16(12-10-15)13(2)3/h13H,6-12H2,1-5H3. The van der Waals surface area contributed by atoms with E-state index in [1.807, 2.05) is 0 Å². The van der Waals surface area contributed by atoms with E-state index in [1.165, 1.54) is 45.6 Å².